The number of hydrogen-bond acceptors (Lipinski definition) is 3. The molecule has 1 aliphatic rings. The number of hydrogen-bond donors (Lipinski definition) is 1. The van der Waals surface area contributed by atoms with E-state index in [1.54, 1.807) is 0 Å². The molecule has 0 unspecified atom stereocenters. The monoisotopic (exact) mass is 233 g/mol. The van der Waals surface area contributed by atoms with Crippen LogP contribution in [0.4, 0.5) is 0 Å². The van der Waals surface area contributed by atoms with Crippen LogP contribution in [0.1, 0.15) is 12.0 Å². The van der Waals surface area contributed by atoms with Crippen molar-refractivity contribution < 1.29 is 4.74 Å². The molecule has 1 aromatic rings. The average Bonchev–Trinajstić information content (AvgIpc) is 2.27. The second-order valence-electron chi connectivity index (χ2n) is 3.34. The number of ether oxygens (including phenoxy) is 1. The molecule has 1 aromatic carbocycles. The van der Waals surface area contributed by atoms with Crippen LogP contribution in [0, 0.1) is 0 Å². The number of nitrogens with two attached hydrogens (primary N) is 1. The SMILES string of the molecule is NC1=NC(=S)N=C(OCc2ccccc2)C1. The van der Waals surface area contributed by atoms with Gasteiger partial charge in [-0.05, 0) is 17.8 Å². The largest absolute Gasteiger partial charge is 0.475 e. The molecular formula is C11H11N3OS. The lowest BCUT2D eigenvalue weighted by Gasteiger charge is -2.12. The lowest BCUT2D eigenvalue weighted by Crippen LogP contribution is -2.24. The third-order valence-corrected chi connectivity index (χ3v) is 2.22. The Labute approximate surface area is 98.9 Å². The van der Waals surface area contributed by atoms with Crippen LogP contribution in [0.5, 0.6) is 0 Å². The van der Waals surface area contributed by atoms with E-state index in [2.05, 4.69) is 9.98 Å². The number of aliphatic imine (C=N–C) groups is 2. The predicted molar refractivity (Wildman–Crippen MR) is 67.5 cm³/mol. The maximum absolute atomic E-state index is 5.59. The first-order valence-electron chi connectivity index (χ1n) is 4.85. The Morgan fingerprint density at radius 3 is 2.69 bits per heavy atom. The standard InChI is InChI=1S/C11H11N3OS/c12-9-6-10(14-11(16)13-9)15-7-8-4-2-1-3-5-8/h1-5H,6-7H2,(H2,12,13,16). The normalized spacial score (nSPS) is 15.4. The summed E-state index contributed by atoms with van der Waals surface area (Å²) >= 11 is 4.86. The molecule has 0 atom stereocenters. The Bertz CT molecular complexity index is 454. The van der Waals surface area contributed by atoms with Crippen molar-refractivity contribution >= 4 is 29.1 Å². The van der Waals surface area contributed by atoms with Gasteiger partial charge in [-0.15, -0.1) is 0 Å². The summed E-state index contributed by atoms with van der Waals surface area (Å²) in [6, 6.07) is 9.85. The summed E-state index contributed by atoms with van der Waals surface area (Å²) in [7, 11) is 0. The van der Waals surface area contributed by atoms with Gasteiger partial charge in [0.25, 0.3) is 0 Å². The first kappa shape index (κ1) is 10.8. The summed E-state index contributed by atoms with van der Waals surface area (Å²) in [5.74, 6) is 0.976. The highest BCUT2D eigenvalue weighted by molar-refractivity contribution is 7.80. The van der Waals surface area contributed by atoms with Crippen molar-refractivity contribution in [1.82, 2.24) is 0 Å². The van der Waals surface area contributed by atoms with E-state index in [0.29, 0.717) is 24.8 Å². The second-order valence-corrected chi connectivity index (χ2v) is 3.71. The summed E-state index contributed by atoms with van der Waals surface area (Å²) in [5.41, 5.74) is 6.67. The first-order valence-corrected chi connectivity index (χ1v) is 5.26. The predicted octanol–water partition coefficient (Wildman–Crippen LogP) is 1.65. The van der Waals surface area contributed by atoms with Gasteiger partial charge in [-0.3, -0.25) is 0 Å². The van der Waals surface area contributed by atoms with Crippen LogP contribution in [0.2, 0.25) is 0 Å². The van der Waals surface area contributed by atoms with Crippen molar-refractivity contribution in [2.24, 2.45) is 15.7 Å². The van der Waals surface area contributed by atoms with Gasteiger partial charge in [-0.1, -0.05) is 30.3 Å². The molecule has 0 amide bonds. The van der Waals surface area contributed by atoms with E-state index in [9.17, 15) is 0 Å². The molecule has 1 aliphatic heterocycles. The molecule has 0 saturated carbocycles. The highest BCUT2D eigenvalue weighted by atomic mass is 32.1. The van der Waals surface area contributed by atoms with E-state index in [1.807, 2.05) is 30.3 Å². The lowest BCUT2D eigenvalue weighted by atomic mass is 10.2. The van der Waals surface area contributed by atoms with E-state index < -0.39 is 0 Å². The molecule has 2 rings (SSSR count). The Hall–Kier alpha value is -1.75. The number of thiocarbonyl (C=S) groups is 1. The fourth-order valence-corrected chi connectivity index (χ4v) is 1.53. The molecule has 16 heavy (non-hydrogen) atoms. The highest BCUT2D eigenvalue weighted by Gasteiger charge is 2.11. The zero-order chi connectivity index (χ0) is 11.4. The van der Waals surface area contributed by atoms with Crippen LogP contribution in [0.15, 0.2) is 40.3 Å². The summed E-state index contributed by atoms with van der Waals surface area (Å²) < 4.78 is 5.51. The molecule has 5 heteroatoms. The van der Waals surface area contributed by atoms with Crippen molar-refractivity contribution in [3.63, 3.8) is 0 Å². The van der Waals surface area contributed by atoms with Crippen LogP contribution in [-0.2, 0) is 11.3 Å². The van der Waals surface area contributed by atoms with Gasteiger partial charge in [0.2, 0.25) is 5.11 Å². The van der Waals surface area contributed by atoms with E-state index in [4.69, 9.17) is 22.7 Å². The van der Waals surface area contributed by atoms with Crippen LogP contribution in [0.3, 0.4) is 0 Å². The fourth-order valence-electron chi connectivity index (χ4n) is 1.31. The molecule has 0 aromatic heterocycles. The van der Waals surface area contributed by atoms with Crippen molar-refractivity contribution in [2.75, 3.05) is 0 Å². The molecule has 0 saturated heterocycles. The number of amidine groups is 1. The Balaban J connectivity index is 1.95. The van der Waals surface area contributed by atoms with Gasteiger partial charge >= 0.3 is 0 Å². The highest BCUT2D eigenvalue weighted by Crippen LogP contribution is 2.06. The van der Waals surface area contributed by atoms with Gasteiger partial charge in [0.15, 0.2) is 5.90 Å². The first-order chi connectivity index (χ1) is 7.74. The lowest BCUT2D eigenvalue weighted by molar-refractivity contribution is 0.287. The van der Waals surface area contributed by atoms with Gasteiger partial charge in [0, 0.05) is 0 Å². The van der Waals surface area contributed by atoms with Crippen LogP contribution in [0.25, 0.3) is 0 Å². The minimum Gasteiger partial charge on any atom is -0.475 e. The average molecular weight is 233 g/mol. The number of nitrogens with zero attached hydrogens (tertiary/aromatic N) is 2. The van der Waals surface area contributed by atoms with Crippen LogP contribution < -0.4 is 5.73 Å². The molecule has 0 aliphatic carbocycles. The summed E-state index contributed by atoms with van der Waals surface area (Å²) in [5, 5.41) is 0.229. The van der Waals surface area contributed by atoms with Gasteiger partial charge in [-0.2, -0.15) is 4.99 Å². The van der Waals surface area contributed by atoms with E-state index in [-0.39, 0.29) is 5.11 Å². The summed E-state index contributed by atoms with van der Waals surface area (Å²) in [6.45, 7) is 0.468. The Morgan fingerprint density at radius 2 is 2.00 bits per heavy atom. The smallest absolute Gasteiger partial charge is 0.223 e. The minimum atomic E-state index is 0.229. The van der Waals surface area contributed by atoms with Crippen LogP contribution >= 0.6 is 12.2 Å². The second kappa shape index (κ2) is 4.85. The van der Waals surface area contributed by atoms with Crippen molar-refractivity contribution in [3.05, 3.63) is 35.9 Å². The maximum Gasteiger partial charge on any atom is 0.223 e. The van der Waals surface area contributed by atoms with E-state index in [0.717, 1.165) is 5.56 Å². The van der Waals surface area contributed by atoms with Crippen LogP contribution in [-0.4, -0.2) is 16.8 Å². The number of rotatable bonds is 2. The molecule has 82 valence electrons. The molecule has 2 N–H and O–H groups in total. The van der Waals surface area contributed by atoms with Gasteiger partial charge in [0.1, 0.15) is 12.4 Å². The molecule has 0 bridgehead atoms. The molecular weight excluding hydrogens is 222 g/mol. The van der Waals surface area contributed by atoms with Crippen molar-refractivity contribution in [1.29, 1.82) is 0 Å². The third-order valence-electron chi connectivity index (χ3n) is 2.04. The summed E-state index contributed by atoms with van der Waals surface area (Å²) in [4.78, 5) is 7.85. The van der Waals surface area contributed by atoms with Crippen molar-refractivity contribution in [3.8, 4) is 0 Å². The minimum absolute atomic E-state index is 0.229. The Morgan fingerprint density at radius 1 is 1.25 bits per heavy atom. The zero-order valence-corrected chi connectivity index (χ0v) is 9.41. The molecule has 0 spiro atoms. The van der Waals surface area contributed by atoms with Gasteiger partial charge < -0.3 is 10.5 Å². The third kappa shape index (κ3) is 2.87. The number of benzene rings is 1. The molecule has 4 nitrogen and oxygen atoms in total. The van der Waals surface area contributed by atoms with Gasteiger partial charge in [-0.25, -0.2) is 4.99 Å². The fraction of sp³-hybridized carbons (Fsp3) is 0.182. The quantitative estimate of drug-likeness (QED) is 0.790. The van der Waals surface area contributed by atoms with Gasteiger partial charge in [0.05, 0.1) is 6.42 Å². The van der Waals surface area contributed by atoms with E-state index >= 15 is 0 Å². The molecule has 0 radical (unpaired) electrons. The molecule has 1 heterocycles. The molecule has 0 fully saturated rings. The summed E-state index contributed by atoms with van der Waals surface area (Å²) in [6.07, 6.45) is 0.424. The van der Waals surface area contributed by atoms with E-state index in [1.165, 1.54) is 0 Å². The Kier molecular flexibility index (Phi) is 3.26. The topological polar surface area (TPSA) is 60.0 Å². The maximum atomic E-state index is 5.59. The zero-order valence-electron chi connectivity index (χ0n) is 8.59. The van der Waals surface area contributed by atoms with Crippen molar-refractivity contribution in [2.45, 2.75) is 13.0 Å².